The smallest absolute Gasteiger partial charge is 0.191 e. The topological polar surface area (TPSA) is 65.9 Å². The summed E-state index contributed by atoms with van der Waals surface area (Å²) < 4.78 is 5.52. The summed E-state index contributed by atoms with van der Waals surface area (Å²) in [4.78, 5) is 6.03. The summed E-state index contributed by atoms with van der Waals surface area (Å²) in [5.41, 5.74) is 0. The Labute approximate surface area is 172 Å². The van der Waals surface area contributed by atoms with E-state index >= 15 is 0 Å². The molecule has 0 amide bonds. The first-order chi connectivity index (χ1) is 11.7. The van der Waals surface area contributed by atoms with E-state index in [2.05, 4.69) is 40.1 Å². The standard InChI is InChI=1S/C18H31N3O2S.HI/c1-3-19-18(20-10-14(2)9-17-5-4-8-24-17)21-11-16(22)13-23-12-15-6-7-15;/h4-5,8,14-16,22H,3,6-7,9-13H2,1-2H3,(H2,19,20,21);1H. The zero-order chi connectivity index (χ0) is 17.2. The van der Waals surface area contributed by atoms with Gasteiger partial charge >= 0.3 is 0 Å². The molecular weight excluding hydrogens is 449 g/mol. The van der Waals surface area contributed by atoms with Crippen LogP contribution >= 0.6 is 35.3 Å². The first-order valence-corrected chi connectivity index (χ1v) is 9.85. The molecular formula is C18H32IN3O2S. The maximum atomic E-state index is 9.98. The van der Waals surface area contributed by atoms with Crippen LogP contribution in [0.25, 0.3) is 0 Å². The number of hydrogen-bond acceptors (Lipinski definition) is 4. The van der Waals surface area contributed by atoms with Gasteiger partial charge in [0.1, 0.15) is 0 Å². The lowest BCUT2D eigenvalue weighted by atomic mass is 10.1. The Balaban J connectivity index is 0.00000312. The number of nitrogens with one attached hydrogen (secondary N) is 2. The number of aliphatic hydroxyl groups is 1. The molecule has 1 aromatic rings. The maximum absolute atomic E-state index is 9.98. The lowest BCUT2D eigenvalue weighted by Gasteiger charge is -2.16. The third-order valence-corrected chi connectivity index (χ3v) is 4.80. The van der Waals surface area contributed by atoms with Crippen LogP contribution in [0.5, 0.6) is 0 Å². The minimum Gasteiger partial charge on any atom is -0.389 e. The molecule has 0 bridgehead atoms. The van der Waals surface area contributed by atoms with E-state index in [0.717, 1.165) is 38.0 Å². The molecule has 1 heterocycles. The van der Waals surface area contributed by atoms with Gasteiger partial charge in [-0.15, -0.1) is 35.3 Å². The fourth-order valence-electron chi connectivity index (χ4n) is 2.35. The molecule has 0 spiro atoms. The van der Waals surface area contributed by atoms with Crippen LogP contribution in [0.15, 0.2) is 22.5 Å². The molecule has 1 saturated carbocycles. The molecule has 25 heavy (non-hydrogen) atoms. The highest BCUT2D eigenvalue weighted by Gasteiger charge is 2.21. The van der Waals surface area contributed by atoms with E-state index in [-0.39, 0.29) is 24.0 Å². The summed E-state index contributed by atoms with van der Waals surface area (Å²) in [5, 5.41) is 18.5. The summed E-state index contributed by atoms with van der Waals surface area (Å²) in [5.74, 6) is 1.98. The van der Waals surface area contributed by atoms with Gasteiger partial charge in [0.15, 0.2) is 5.96 Å². The van der Waals surface area contributed by atoms with Gasteiger partial charge in [-0.3, -0.25) is 4.99 Å². The monoisotopic (exact) mass is 481 g/mol. The summed E-state index contributed by atoms with van der Waals surface area (Å²) in [6.07, 6.45) is 3.10. The van der Waals surface area contributed by atoms with E-state index in [0.29, 0.717) is 19.1 Å². The Bertz CT molecular complexity index is 481. The van der Waals surface area contributed by atoms with Crippen LogP contribution in [0, 0.1) is 11.8 Å². The number of nitrogens with zero attached hydrogens (tertiary/aromatic N) is 1. The molecule has 144 valence electrons. The quantitative estimate of drug-likeness (QED) is 0.259. The number of halogens is 1. The molecule has 3 N–H and O–H groups in total. The number of aliphatic imine (C=N–C) groups is 1. The average molecular weight is 481 g/mol. The minimum atomic E-state index is -0.504. The van der Waals surface area contributed by atoms with Gasteiger partial charge in [-0.1, -0.05) is 13.0 Å². The molecule has 2 unspecified atom stereocenters. The molecule has 1 fully saturated rings. The number of rotatable bonds is 11. The number of guanidine groups is 1. The van der Waals surface area contributed by atoms with Crippen molar-refractivity contribution < 1.29 is 9.84 Å². The lowest BCUT2D eigenvalue weighted by Crippen LogP contribution is -2.42. The van der Waals surface area contributed by atoms with Crippen LogP contribution in [0.2, 0.25) is 0 Å². The number of aliphatic hydroxyl groups excluding tert-OH is 1. The fraction of sp³-hybridized carbons (Fsp3) is 0.722. The van der Waals surface area contributed by atoms with Gasteiger partial charge in [0.2, 0.25) is 0 Å². The molecule has 2 rings (SSSR count). The van der Waals surface area contributed by atoms with Crippen molar-refractivity contribution in [2.45, 2.75) is 39.2 Å². The van der Waals surface area contributed by atoms with E-state index < -0.39 is 6.10 Å². The second kappa shape index (κ2) is 12.9. The molecule has 0 aromatic carbocycles. The van der Waals surface area contributed by atoms with Gasteiger partial charge in [-0.2, -0.15) is 0 Å². The normalized spacial score (nSPS) is 16.8. The molecule has 0 radical (unpaired) electrons. The van der Waals surface area contributed by atoms with Gasteiger partial charge in [-0.25, -0.2) is 0 Å². The molecule has 5 nitrogen and oxygen atoms in total. The largest absolute Gasteiger partial charge is 0.389 e. The van der Waals surface area contributed by atoms with Gasteiger partial charge in [0.25, 0.3) is 0 Å². The molecule has 1 aromatic heterocycles. The van der Waals surface area contributed by atoms with Crippen molar-refractivity contribution in [3.63, 3.8) is 0 Å². The molecule has 7 heteroatoms. The highest BCUT2D eigenvalue weighted by molar-refractivity contribution is 14.0. The van der Waals surface area contributed by atoms with Crippen molar-refractivity contribution >= 4 is 41.3 Å². The van der Waals surface area contributed by atoms with Crippen LogP contribution in [0.1, 0.15) is 31.6 Å². The molecule has 1 aliphatic rings. The zero-order valence-corrected chi connectivity index (χ0v) is 18.4. The van der Waals surface area contributed by atoms with Crippen LogP contribution in [0.3, 0.4) is 0 Å². The van der Waals surface area contributed by atoms with Gasteiger partial charge in [0.05, 0.1) is 12.7 Å². The Morgan fingerprint density at radius 2 is 2.24 bits per heavy atom. The number of ether oxygens (including phenoxy) is 1. The summed E-state index contributed by atoms with van der Waals surface area (Å²) in [6.45, 7) is 7.45. The summed E-state index contributed by atoms with van der Waals surface area (Å²) in [6, 6.07) is 4.26. The van der Waals surface area contributed by atoms with Crippen molar-refractivity contribution in [1.29, 1.82) is 0 Å². The average Bonchev–Trinajstić information content (AvgIpc) is 3.24. The minimum absolute atomic E-state index is 0. The summed E-state index contributed by atoms with van der Waals surface area (Å²) in [7, 11) is 0. The maximum Gasteiger partial charge on any atom is 0.191 e. The number of hydrogen-bond donors (Lipinski definition) is 3. The lowest BCUT2D eigenvalue weighted by molar-refractivity contribution is 0.0345. The zero-order valence-electron chi connectivity index (χ0n) is 15.2. The van der Waals surface area contributed by atoms with Crippen molar-refractivity contribution in [3.05, 3.63) is 22.4 Å². The van der Waals surface area contributed by atoms with Crippen molar-refractivity contribution in [3.8, 4) is 0 Å². The van der Waals surface area contributed by atoms with Crippen molar-refractivity contribution in [2.75, 3.05) is 32.8 Å². The molecule has 0 saturated heterocycles. The van der Waals surface area contributed by atoms with Crippen molar-refractivity contribution in [1.82, 2.24) is 10.6 Å². The predicted molar refractivity (Wildman–Crippen MR) is 116 cm³/mol. The SMILES string of the molecule is CCNC(=NCC(C)Cc1cccs1)NCC(O)COCC1CC1.I. The molecule has 0 aliphatic heterocycles. The Kier molecular flexibility index (Phi) is 11.7. The van der Waals surface area contributed by atoms with Crippen molar-refractivity contribution in [2.24, 2.45) is 16.8 Å². The van der Waals surface area contributed by atoms with E-state index in [1.165, 1.54) is 17.7 Å². The van der Waals surface area contributed by atoms with Crippen LogP contribution in [-0.2, 0) is 11.2 Å². The molecule has 2 atom stereocenters. The third-order valence-electron chi connectivity index (χ3n) is 3.90. The predicted octanol–water partition coefficient (Wildman–Crippen LogP) is 2.89. The second-order valence-corrected chi connectivity index (χ2v) is 7.66. The number of thiophene rings is 1. The highest BCUT2D eigenvalue weighted by atomic mass is 127. The summed E-state index contributed by atoms with van der Waals surface area (Å²) >= 11 is 1.80. The van der Waals surface area contributed by atoms with Gasteiger partial charge in [0, 0.05) is 31.1 Å². The Morgan fingerprint density at radius 3 is 2.88 bits per heavy atom. The van der Waals surface area contributed by atoms with Crippen LogP contribution < -0.4 is 10.6 Å². The third kappa shape index (κ3) is 10.4. The first-order valence-electron chi connectivity index (χ1n) is 8.97. The second-order valence-electron chi connectivity index (χ2n) is 6.62. The van der Waals surface area contributed by atoms with E-state index in [1.807, 2.05) is 6.92 Å². The van der Waals surface area contributed by atoms with E-state index in [4.69, 9.17) is 4.74 Å². The Morgan fingerprint density at radius 1 is 1.44 bits per heavy atom. The van der Waals surface area contributed by atoms with Crippen LogP contribution in [-0.4, -0.2) is 50.0 Å². The molecule has 1 aliphatic carbocycles. The van der Waals surface area contributed by atoms with Crippen LogP contribution in [0.4, 0.5) is 0 Å². The van der Waals surface area contributed by atoms with E-state index in [9.17, 15) is 5.11 Å². The van der Waals surface area contributed by atoms with Gasteiger partial charge < -0.3 is 20.5 Å². The van der Waals surface area contributed by atoms with E-state index in [1.54, 1.807) is 11.3 Å². The first kappa shape index (κ1) is 22.7. The van der Waals surface area contributed by atoms with Gasteiger partial charge in [-0.05, 0) is 49.5 Å². The Hall–Kier alpha value is -0.380. The highest BCUT2D eigenvalue weighted by Crippen LogP contribution is 2.28. The fourth-order valence-corrected chi connectivity index (χ4v) is 3.22.